The summed E-state index contributed by atoms with van der Waals surface area (Å²) in [5.74, 6) is -1.20. The van der Waals surface area contributed by atoms with Gasteiger partial charge in [0.15, 0.2) is 0 Å². The van der Waals surface area contributed by atoms with Crippen LogP contribution in [0.15, 0.2) is 57.9 Å². The average Bonchev–Trinajstić information content (AvgIpc) is 3.24. The molecule has 2 aromatic carbocycles. The number of methoxy groups -OCH3 is 1. The van der Waals surface area contributed by atoms with E-state index in [0.29, 0.717) is 22.6 Å². The van der Waals surface area contributed by atoms with Crippen LogP contribution in [0.4, 0.5) is 5.69 Å². The number of carbonyl (C=O) groups is 2. The molecule has 0 aliphatic carbocycles. The Hall–Kier alpha value is -3.97. The monoisotopic (exact) mass is 482 g/mol. The highest BCUT2D eigenvalue weighted by Crippen LogP contribution is 2.47. The van der Waals surface area contributed by atoms with E-state index < -0.39 is 33.8 Å². The summed E-state index contributed by atoms with van der Waals surface area (Å²) >= 11 is 0. The number of hydrogen-bond donors (Lipinski definition) is 2. The van der Waals surface area contributed by atoms with Gasteiger partial charge in [-0.15, -0.1) is 0 Å². The van der Waals surface area contributed by atoms with E-state index in [-0.39, 0.29) is 5.76 Å². The third-order valence-corrected chi connectivity index (χ3v) is 6.80. The summed E-state index contributed by atoms with van der Waals surface area (Å²) in [5.41, 5.74) is 1.45. The van der Waals surface area contributed by atoms with E-state index in [4.69, 9.17) is 9.26 Å². The molecule has 0 saturated heterocycles. The first-order chi connectivity index (χ1) is 16.0. The number of likely N-dealkylation sites (N-methyl/N-ethyl adjacent to an activating group) is 1. The van der Waals surface area contributed by atoms with Crippen LogP contribution in [0, 0.1) is 11.3 Å². The van der Waals surface area contributed by atoms with Crippen molar-refractivity contribution in [2.45, 2.75) is 10.9 Å². The van der Waals surface area contributed by atoms with Crippen LogP contribution in [-0.4, -0.2) is 59.9 Å². The van der Waals surface area contributed by atoms with Crippen molar-refractivity contribution in [1.82, 2.24) is 10.1 Å². The molecule has 2 amide bonds. The second-order valence-corrected chi connectivity index (χ2v) is 12.4. The molecule has 34 heavy (non-hydrogen) atoms. The molecule has 0 saturated carbocycles. The molecule has 0 aliphatic rings. The molecule has 178 valence electrons. The molecule has 1 aromatic heterocycles. The van der Waals surface area contributed by atoms with Gasteiger partial charge in [0, 0.05) is 17.6 Å². The number of benzene rings is 2. The summed E-state index contributed by atoms with van der Waals surface area (Å²) in [6.45, 7) is 0. The molecule has 0 bridgehead atoms. The molecule has 0 radical (unpaired) electrons. The third kappa shape index (κ3) is 5.32. The van der Waals surface area contributed by atoms with Crippen molar-refractivity contribution in [3.63, 3.8) is 0 Å². The van der Waals surface area contributed by atoms with Crippen LogP contribution in [0.25, 0.3) is 0 Å². The fourth-order valence-electron chi connectivity index (χ4n) is 3.43. The lowest BCUT2D eigenvalue weighted by Crippen LogP contribution is -2.38. The molecule has 0 spiro atoms. The Balaban J connectivity index is 1.96. The van der Waals surface area contributed by atoms with Gasteiger partial charge in [0.2, 0.25) is 5.76 Å². The Labute approximate surface area is 199 Å². The lowest BCUT2D eigenvalue weighted by atomic mass is 10.0. The number of carbonyl (C=O) groups excluding carboxylic acids is 2. The van der Waals surface area contributed by atoms with E-state index in [1.807, 2.05) is 6.07 Å². The van der Waals surface area contributed by atoms with Gasteiger partial charge in [0.25, 0.3) is 17.7 Å². The summed E-state index contributed by atoms with van der Waals surface area (Å²) < 4.78 is 10.1. The summed E-state index contributed by atoms with van der Waals surface area (Å²) in [7, 11) is 1.83. The molecule has 3 rings (SSSR count). The minimum atomic E-state index is -1.15. The maximum atomic E-state index is 13.4. The first-order valence-corrected chi connectivity index (χ1v) is 13.0. The number of ether oxygens (including phenoxy) is 1. The molecule has 1 heterocycles. The third-order valence-electron chi connectivity index (χ3n) is 5.12. The van der Waals surface area contributed by atoms with Gasteiger partial charge in [0.1, 0.15) is 17.9 Å². The molecule has 1 atom stereocenters. The van der Waals surface area contributed by atoms with Gasteiger partial charge in [0.05, 0.1) is 18.7 Å². The van der Waals surface area contributed by atoms with Gasteiger partial charge in [-0.2, -0.15) is 5.26 Å². The number of aromatic nitrogens is 1. The maximum Gasteiger partial charge on any atom is 0.293 e. The SMILES string of the molecule is COc1ccc(C(C(=O)Nc2ccc(S(C)(C)C)c(C#N)c2)N(C)C(=O)c2cc(O)no2)cc1. The molecular formula is C24H26N4O5S. The van der Waals surface area contributed by atoms with Crippen molar-refractivity contribution in [1.29, 1.82) is 5.26 Å². The number of nitriles is 1. The van der Waals surface area contributed by atoms with E-state index >= 15 is 0 Å². The van der Waals surface area contributed by atoms with Crippen LogP contribution in [0.1, 0.15) is 27.7 Å². The smallest absolute Gasteiger partial charge is 0.293 e. The molecule has 0 fully saturated rings. The van der Waals surface area contributed by atoms with Gasteiger partial charge >= 0.3 is 0 Å². The zero-order valence-corrected chi connectivity index (χ0v) is 20.3. The molecule has 0 aliphatic heterocycles. The van der Waals surface area contributed by atoms with Crippen LogP contribution in [0.5, 0.6) is 11.6 Å². The van der Waals surface area contributed by atoms with Gasteiger partial charge in [-0.05, 0) is 59.8 Å². The first-order valence-electron chi connectivity index (χ1n) is 10.2. The Morgan fingerprint density at radius 3 is 2.38 bits per heavy atom. The van der Waals surface area contributed by atoms with Gasteiger partial charge in [-0.1, -0.05) is 12.1 Å². The summed E-state index contributed by atoms with van der Waals surface area (Å²) in [5, 5.41) is 25.2. The van der Waals surface area contributed by atoms with E-state index in [1.54, 1.807) is 36.4 Å². The van der Waals surface area contributed by atoms with Crippen molar-refractivity contribution in [2.24, 2.45) is 0 Å². The standard InChI is InChI=1S/C24H26N4O5S/c1-28(24(31)19-13-21(29)27-33-19)22(15-6-9-18(32-2)10-7-15)23(30)26-17-8-11-20(34(3,4)5)16(12-17)14-25/h6-13,22H,1-5H3,(H,26,30)(H,27,29). The molecule has 9 nitrogen and oxygen atoms in total. The van der Waals surface area contributed by atoms with Crippen LogP contribution in [-0.2, 0) is 4.79 Å². The molecule has 2 N–H and O–H groups in total. The number of anilines is 1. The van der Waals surface area contributed by atoms with E-state index in [9.17, 15) is 20.0 Å². The molecule has 10 heteroatoms. The first kappa shape index (κ1) is 24.7. The van der Waals surface area contributed by atoms with Gasteiger partial charge < -0.3 is 24.6 Å². The van der Waals surface area contributed by atoms with Crippen LogP contribution < -0.4 is 10.1 Å². The van der Waals surface area contributed by atoms with Gasteiger partial charge in [-0.25, -0.2) is 10.0 Å². The highest BCUT2D eigenvalue weighted by Gasteiger charge is 2.31. The van der Waals surface area contributed by atoms with Gasteiger partial charge in [-0.3, -0.25) is 9.59 Å². The fraction of sp³-hybridized carbons (Fsp3) is 0.250. The quantitative estimate of drug-likeness (QED) is 0.524. The largest absolute Gasteiger partial charge is 0.497 e. The Kier molecular flexibility index (Phi) is 7.17. The number of nitrogens with zero attached hydrogens (tertiary/aromatic N) is 3. The van der Waals surface area contributed by atoms with Crippen LogP contribution in [0.2, 0.25) is 0 Å². The minimum Gasteiger partial charge on any atom is -0.497 e. The molecule has 1 unspecified atom stereocenters. The van der Waals surface area contributed by atoms with Crippen molar-refractivity contribution in [2.75, 3.05) is 38.2 Å². The van der Waals surface area contributed by atoms with E-state index in [0.717, 1.165) is 11.0 Å². The number of nitrogens with one attached hydrogen (secondary N) is 1. The number of rotatable bonds is 7. The lowest BCUT2D eigenvalue weighted by molar-refractivity contribution is -0.120. The zero-order chi connectivity index (χ0) is 25.0. The topological polar surface area (TPSA) is 129 Å². The number of hydrogen-bond acceptors (Lipinski definition) is 7. The van der Waals surface area contributed by atoms with E-state index in [1.165, 1.54) is 19.1 Å². The molecular weight excluding hydrogens is 456 g/mol. The molecule has 3 aromatic rings. The van der Waals surface area contributed by atoms with Crippen molar-refractivity contribution in [3.8, 4) is 17.7 Å². The number of aromatic hydroxyl groups is 1. The second-order valence-electron chi connectivity index (χ2n) is 8.29. The Morgan fingerprint density at radius 1 is 1.18 bits per heavy atom. The highest BCUT2D eigenvalue weighted by atomic mass is 32.3. The predicted molar refractivity (Wildman–Crippen MR) is 129 cm³/mol. The lowest BCUT2D eigenvalue weighted by Gasteiger charge is -2.28. The van der Waals surface area contributed by atoms with E-state index in [2.05, 4.69) is 35.3 Å². The van der Waals surface area contributed by atoms with Crippen molar-refractivity contribution in [3.05, 3.63) is 65.4 Å². The Morgan fingerprint density at radius 2 is 1.85 bits per heavy atom. The zero-order valence-electron chi connectivity index (χ0n) is 19.5. The van der Waals surface area contributed by atoms with Crippen LogP contribution in [0.3, 0.4) is 0 Å². The normalized spacial score (nSPS) is 12.4. The summed E-state index contributed by atoms with van der Waals surface area (Å²) in [4.78, 5) is 28.5. The summed E-state index contributed by atoms with van der Waals surface area (Å²) in [6, 6.07) is 14.2. The van der Waals surface area contributed by atoms with Crippen molar-refractivity contribution >= 4 is 27.5 Å². The van der Waals surface area contributed by atoms with Crippen molar-refractivity contribution < 1.29 is 24.0 Å². The fourth-order valence-corrected chi connectivity index (χ4v) is 4.68. The maximum absolute atomic E-state index is 13.4. The number of amides is 2. The minimum absolute atomic E-state index is 0.212. The average molecular weight is 483 g/mol. The van der Waals surface area contributed by atoms with Crippen LogP contribution >= 0.6 is 10.0 Å². The second kappa shape index (κ2) is 9.89. The summed E-state index contributed by atoms with van der Waals surface area (Å²) in [6.07, 6.45) is 6.26. The predicted octanol–water partition coefficient (Wildman–Crippen LogP) is 3.77. The Bertz CT molecular complexity index is 1240. The highest BCUT2D eigenvalue weighted by molar-refractivity contribution is 8.32.